The van der Waals surface area contributed by atoms with Crippen molar-refractivity contribution in [3.05, 3.63) is 53.2 Å². The summed E-state index contributed by atoms with van der Waals surface area (Å²) in [5.74, 6) is -0.959. The van der Waals surface area contributed by atoms with E-state index < -0.39 is 23.6 Å². The Morgan fingerprint density at radius 2 is 1.84 bits per heavy atom. The second-order valence-electron chi connectivity index (χ2n) is 8.03. The Morgan fingerprint density at radius 3 is 2.50 bits per heavy atom. The number of carbonyl (C=O) groups is 3. The second-order valence-corrected chi connectivity index (χ2v) is 8.03. The number of benzene rings is 1. The summed E-state index contributed by atoms with van der Waals surface area (Å²) in [6.07, 6.45) is -2.95. The maximum absolute atomic E-state index is 12.7. The summed E-state index contributed by atoms with van der Waals surface area (Å²) >= 11 is 0. The molecule has 2 aromatic rings. The molecule has 2 aliphatic rings. The third-order valence-corrected chi connectivity index (χ3v) is 5.72. The van der Waals surface area contributed by atoms with Crippen LogP contribution in [-0.2, 0) is 33.4 Å². The molecule has 1 aliphatic heterocycles. The van der Waals surface area contributed by atoms with E-state index in [-0.39, 0.29) is 24.9 Å². The number of hydrogen-bond acceptors (Lipinski definition) is 5. The number of anilines is 2. The molecule has 1 aromatic heterocycles. The van der Waals surface area contributed by atoms with Gasteiger partial charge in [-0.3, -0.25) is 14.4 Å². The van der Waals surface area contributed by atoms with Crippen molar-refractivity contribution in [2.75, 3.05) is 29.9 Å². The normalized spacial score (nSPS) is 18.5. The molecule has 4 rings (SSSR count). The number of piperazine rings is 1. The van der Waals surface area contributed by atoms with Gasteiger partial charge in [0.2, 0.25) is 0 Å². The lowest BCUT2D eigenvalue weighted by Crippen LogP contribution is -2.56. The summed E-state index contributed by atoms with van der Waals surface area (Å²) in [5, 5.41) is 2.59. The number of alkyl halides is 3. The first-order valence-corrected chi connectivity index (χ1v) is 10.2. The minimum Gasteiger partial charge on any atom is -0.350 e. The van der Waals surface area contributed by atoms with Gasteiger partial charge in [-0.2, -0.15) is 13.2 Å². The van der Waals surface area contributed by atoms with Crippen LogP contribution in [0.4, 0.5) is 24.7 Å². The molecule has 1 N–H and O–H groups in total. The van der Waals surface area contributed by atoms with Gasteiger partial charge in [0.1, 0.15) is 11.6 Å². The number of halogens is 3. The molecule has 0 saturated carbocycles. The van der Waals surface area contributed by atoms with Gasteiger partial charge in [0, 0.05) is 50.4 Å². The van der Waals surface area contributed by atoms with Crippen molar-refractivity contribution in [3.8, 4) is 0 Å². The van der Waals surface area contributed by atoms with Crippen LogP contribution < -0.4 is 10.2 Å². The van der Waals surface area contributed by atoms with E-state index in [0.29, 0.717) is 30.9 Å². The molecule has 7 nitrogen and oxygen atoms in total. The number of carbonyl (C=O) groups excluding carboxylic acids is 3. The second kappa shape index (κ2) is 8.25. The molecule has 0 radical (unpaired) electrons. The van der Waals surface area contributed by atoms with Gasteiger partial charge in [-0.15, -0.1) is 0 Å². The number of pyridine rings is 1. The quantitative estimate of drug-likeness (QED) is 0.717. The van der Waals surface area contributed by atoms with Gasteiger partial charge in [-0.05, 0) is 42.3 Å². The largest absolute Gasteiger partial charge is 0.417 e. The first-order chi connectivity index (χ1) is 15.1. The van der Waals surface area contributed by atoms with E-state index >= 15 is 0 Å². The monoisotopic (exact) mass is 446 g/mol. The first-order valence-electron chi connectivity index (χ1n) is 10.2. The molecule has 0 spiro atoms. The Bertz CT molecular complexity index is 1070. The number of nitrogens with zero attached hydrogens (tertiary/aromatic N) is 3. The molecule has 32 heavy (non-hydrogen) atoms. The van der Waals surface area contributed by atoms with E-state index in [1.807, 2.05) is 6.92 Å². The Kier molecular flexibility index (Phi) is 5.62. The topological polar surface area (TPSA) is 82.6 Å². The van der Waals surface area contributed by atoms with Crippen molar-refractivity contribution in [2.45, 2.75) is 32.0 Å². The standard InChI is InChI=1S/C22H21F3N4O3/c1-13-12-28(6-7-29(13)19-5-3-16(11-26-19)22(23,24)25)21(32)20(31)27-17-4-2-14-9-18(30)10-15(14)8-17/h2-5,8,11,13H,6-7,9-10,12H2,1H3,(H,27,31)/t13-/m1/s1. The molecule has 0 bridgehead atoms. The average Bonchev–Trinajstić information content (AvgIpc) is 3.12. The predicted molar refractivity (Wildman–Crippen MR) is 110 cm³/mol. The fourth-order valence-corrected chi connectivity index (χ4v) is 4.06. The maximum Gasteiger partial charge on any atom is 0.417 e. The third kappa shape index (κ3) is 4.44. The highest BCUT2D eigenvalue weighted by Gasteiger charge is 2.33. The van der Waals surface area contributed by atoms with Crippen molar-refractivity contribution < 1.29 is 27.6 Å². The molecular weight excluding hydrogens is 425 g/mol. The van der Waals surface area contributed by atoms with E-state index in [0.717, 1.165) is 23.4 Å². The third-order valence-electron chi connectivity index (χ3n) is 5.72. The fraction of sp³-hybridized carbons (Fsp3) is 0.364. The molecule has 1 aromatic carbocycles. The minimum absolute atomic E-state index is 0.119. The summed E-state index contributed by atoms with van der Waals surface area (Å²) in [6, 6.07) is 7.20. The zero-order valence-corrected chi connectivity index (χ0v) is 17.3. The number of aromatic nitrogens is 1. The molecule has 1 fully saturated rings. The number of amides is 2. The van der Waals surface area contributed by atoms with E-state index in [2.05, 4.69) is 10.3 Å². The van der Waals surface area contributed by atoms with Crippen LogP contribution in [0.1, 0.15) is 23.6 Å². The lowest BCUT2D eigenvalue weighted by Gasteiger charge is -2.40. The van der Waals surface area contributed by atoms with Gasteiger partial charge in [0.25, 0.3) is 0 Å². The van der Waals surface area contributed by atoms with Gasteiger partial charge in [-0.25, -0.2) is 4.98 Å². The Hall–Kier alpha value is -3.43. The van der Waals surface area contributed by atoms with Gasteiger partial charge in [0.15, 0.2) is 0 Å². The van der Waals surface area contributed by atoms with E-state index in [4.69, 9.17) is 0 Å². The van der Waals surface area contributed by atoms with Crippen LogP contribution in [0.5, 0.6) is 0 Å². The number of ketones is 1. The lowest BCUT2D eigenvalue weighted by molar-refractivity contribution is -0.143. The smallest absolute Gasteiger partial charge is 0.350 e. The highest BCUT2D eigenvalue weighted by atomic mass is 19.4. The molecule has 168 valence electrons. The van der Waals surface area contributed by atoms with E-state index in [1.54, 1.807) is 23.1 Å². The summed E-state index contributed by atoms with van der Waals surface area (Å²) in [6.45, 7) is 2.61. The minimum atomic E-state index is -4.45. The lowest BCUT2D eigenvalue weighted by atomic mass is 10.1. The van der Waals surface area contributed by atoms with Crippen molar-refractivity contribution in [3.63, 3.8) is 0 Å². The molecular formula is C22H21F3N4O3. The maximum atomic E-state index is 12.7. The van der Waals surface area contributed by atoms with Gasteiger partial charge >= 0.3 is 18.0 Å². The Labute approximate surface area is 182 Å². The highest BCUT2D eigenvalue weighted by molar-refractivity contribution is 6.39. The van der Waals surface area contributed by atoms with Crippen molar-refractivity contribution in [2.24, 2.45) is 0 Å². The van der Waals surface area contributed by atoms with Crippen molar-refractivity contribution >= 4 is 29.1 Å². The van der Waals surface area contributed by atoms with Crippen LogP contribution in [0.2, 0.25) is 0 Å². The average molecular weight is 446 g/mol. The molecule has 1 aliphatic carbocycles. The number of rotatable bonds is 2. The number of Topliss-reactive ketones (excluding diaryl/α,β-unsaturated/α-hetero) is 1. The zero-order chi connectivity index (χ0) is 23.0. The number of hydrogen-bond donors (Lipinski definition) is 1. The van der Waals surface area contributed by atoms with Crippen LogP contribution in [0, 0.1) is 0 Å². The predicted octanol–water partition coefficient (Wildman–Crippen LogP) is 2.44. The number of fused-ring (bicyclic) bond motifs is 1. The molecule has 2 heterocycles. The molecule has 0 unspecified atom stereocenters. The van der Waals surface area contributed by atoms with Gasteiger partial charge < -0.3 is 15.1 Å². The Balaban J connectivity index is 1.36. The van der Waals surface area contributed by atoms with E-state index in [9.17, 15) is 27.6 Å². The molecule has 10 heteroatoms. The van der Waals surface area contributed by atoms with Crippen LogP contribution in [-0.4, -0.2) is 53.2 Å². The summed E-state index contributed by atoms with van der Waals surface area (Å²) < 4.78 is 38.2. The SMILES string of the molecule is C[C@@H]1CN(C(=O)C(=O)Nc2ccc3c(c2)CC(=O)C3)CCN1c1ccc(C(F)(F)F)cn1. The molecule has 2 amide bonds. The van der Waals surface area contributed by atoms with Crippen LogP contribution in [0.25, 0.3) is 0 Å². The zero-order valence-electron chi connectivity index (χ0n) is 17.3. The highest BCUT2D eigenvalue weighted by Crippen LogP contribution is 2.30. The summed E-state index contributed by atoms with van der Waals surface area (Å²) in [5.41, 5.74) is 1.42. The molecule has 1 atom stereocenters. The van der Waals surface area contributed by atoms with Crippen molar-refractivity contribution in [1.29, 1.82) is 0 Å². The van der Waals surface area contributed by atoms with Crippen LogP contribution in [0.3, 0.4) is 0 Å². The van der Waals surface area contributed by atoms with Gasteiger partial charge in [-0.1, -0.05) is 6.07 Å². The fourth-order valence-electron chi connectivity index (χ4n) is 4.06. The van der Waals surface area contributed by atoms with Gasteiger partial charge in [0.05, 0.1) is 5.56 Å². The first kappa shape index (κ1) is 21.8. The summed E-state index contributed by atoms with van der Waals surface area (Å²) in [7, 11) is 0. The number of nitrogens with one attached hydrogen (secondary N) is 1. The molecule has 1 saturated heterocycles. The van der Waals surface area contributed by atoms with Crippen molar-refractivity contribution in [1.82, 2.24) is 9.88 Å². The van der Waals surface area contributed by atoms with Crippen LogP contribution in [0.15, 0.2) is 36.5 Å². The summed E-state index contributed by atoms with van der Waals surface area (Å²) in [4.78, 5) is 43.8. The van der Waals surface area contributed by atoms with Crippen LogP contribution >= 0.6 is 0 Å². The van der Waals surface area contributed by atoms with E-state index in [1.165, 1.54) is 11.0 Å². The Morgan fingerprint density at radius 1 is 1.09 bits per heavy atom.